The molecule has 0 aliphatic carbocycles. The van der Waals surface area contributed by atoms with E-state index in [9.17, 15) is 28.8 Å². The molecular weight excluding hydrogens is 783 g/mol. The number of nitrogens with one attached hydrogen (secondary N) is 1. The summed E-state index contributed by atoms with van der Waals surface area (Å²) in [5, 5.41) is 7.36. The Morgan fingerprint density at radius 2 is 1.55 bits per heavy atom. The minimum Gasteiger partial charge on any atom is -0.460 e. The molecule has 1 aromatic rings. The first kappa shape index (κ1) is 46.1. The maximum absolute atomic E-state index is 13.7. The summed E-state index contributed by atoms with van der Waals surface area (Å²) in [6.07, 6.45) is -4.93. The molecule has 2 aliphatic rings. The number of thioether (sulfide) groups is 1. The van der Waals surface area contributed by atoms with E-state index in [4.69, 9.17) is 55.2 Å². The Morgan fingerprint density at radius 1 is 0.946 bits per heavy atom. The Labute approximate surface area is 331 Å². The number of aromatic nitrogens is 1. The fourth-order valence-electron chi connectivity index (χ4n) is 5.07. The van der Waals surface area contributed by atoms with E-state index in [0.717, 1.165) is 11.3 Å². The molecule has 2 fully saturated rings. The van der Waals surface area contributed by atoms with Crippen LogP contribution in [0.25, 0.3) is 0 Å². The van der Waals surface area contributed by atoms with Gasteiger partial charge in [-0.05, 0) is 18.8 Å². The largest absolute Gasteiger partial charge is 0.511 e. The van der Waals surface area contributed by atoms with Gasteiger partial charge in [-0.1, -0.05) is 32.9 Å². The first-order chi connectivity index (χ1) is 26.4. The molecule has 23 heteroatoms. The van der Waals surface area contributed by atoms with Crippen LogP contribution < -0.4 is 22.5 Å². The van der Waals surface area contributed by atoms with E-state index >= 15 is 0 Å². The van der Waals surface area contributed by atoms with Gasteiger partial charge in [0.2, 0.25) is 12.2 Å². The fraction of sp³-hybridized carbons (Fsp3) is 0.697. The standard InChI is InChI=1S/C33H51N7O14S2/c1-14(2)21(34)29(43)50-10-19(11-51-30(44)22(35)15(3)4)54-33(46)53-17(6)52-31(45)25-18(9-49-16(5)47-7)12-55-28-24(27(42)40(25)28)38-26(41)23(39-48-8)20-13-56-32(36)37-20/h13-19,21-22,24-25,28H,9-12,34-35H2,1-8H3,(H2,36,37)(H,38,41)/b39-23-/t16?,17?,18?,21-,22-,24+,25?,28+/m0/s1. The minimum absolute atomic E-state index is 0.0253. The summed E-state index contributed by atoms with van der Waals surface area (Å²) in [5.41, 5.74) is 17.3. The van der Waals surface area contributed by atoms with E-state index in [2.05, 4.69) is 15.5 Å². The van der Waals surface area contributed by atoms with E-state index in [1.165, 1.54) is 43.2 Å². The van der Waals surface area contributed by atoms with Gasteiger partial charge in [0.1, 0.15) is 55.6 Å². The highest BCUT2D eigenvalue weighted by Crippen LogP contribution is 2.41. The Balaban J connectivity index is 1.71. The van der Waals surface area contributed by atoms with Crippen LogP contribution in [-0.2, 0) is 62.0 Å². The van der Waals surface area contributed by atoms with E-state index in [0.29, 0.717) is 0 Å². The molecule has 0 spiro atoms. The maximum Gasteiger partial charge on any atom is 0.511 e. The highest BCUT2D eigenvalue weighted by Gasteiger charge is 2.58. The van der Waals surface area contributed by atoms with Gasteiger partial charge >= 0.3 is 24.1 Å². The fourth-order valence-corrected chi connectivity index (χ4v) is 7.11. The van der Waals surface area contributed by atoms with Gasteiger partial charge in [-0.15, -0.1) is 23.1 Å². The number of nitrogens with zero attached hydrogens (tertiary/aromatic N) is 3. The van der Waals surface area contributed by atoms with Crippen molar-refractivity contribution < 1.29 is 66.8 Å². The van der Waals surface area contributed by atoms with Crippen LogP contribution in [0.1, 0.15) is 47.2 Å². The lowest BCUT2D eigenvalue weighted by Gasteiger charge is -2.54. The average molecular weight is 834 g/mol. The van der Waals surface area contributed by atoms with Gasteiger partial charge in [-0.25, -0.2) is 14.6 Å². The van der Waals surface area contributed by atoms with Crippen LogP contribution in [0.3, 0.4) is 0 Å². The Morgan fingerprint density at radius 3 is 2.07 bits per heavy atom. The second-order valence-corrected chi connectivity index (χ2v) is 15.4. The number of nitrogens with two attached hydrogens (primary N) is 3. The lowest BCUT2D eigenvalue weighted by atomic mass is 9.93. The van der Waals surface area contributed by atoms with Crippen molar-refractivity contribution in [1.82, 2.24) is 15.2 Å². The minimum atomic E-state index is -1.57. The van der Waals surface area contributed by atoms with Gasteiger partial charge < -0.3 is 65.4 Å². The number of amides is 2. The first-order valence-corrected chi connectivity index (χ1v) is 19.5. The summed E-state index contributed by atoms with van der Waals surface area (Å²) >= 11 is 2.38. The second kappa shape index (κ2) is 21.3. The van der Waals surface area contributed by atoms with Crippen molar-refractivity contribution in [1.29, 1.82) is 0 Å². The molecule has 0 aromatic carbocycles. The number of hydrogen-bond acceptors (Lipinski definition) is 21. The van der Waals surface area contributed by atoms with Gasteiger partial charge in [-0.2, -0.15) is 0 Å². The lowest BCUT2D eigenvalue weighted by molar-refractivity contribution is -0.189. The molecule has 314 valence electrons. The molecule has 2 saturated heterocycles. The number of methoxy groups -OCH3 is 1. The summed E-state index contributed by atoms with van der Waals surface area (Å²) < 4.78 is 37.1. The molecule has 0 radical (unpaired) electrons. The molecule has 8 atom stereocenters. The van der Waals surface area contributed by atoms with Crippen molar-refractivity contribution in [2.75, 3.05) is 45.5 Å². The third-order valence-corrected chi connectivity index (χ3v) is 10.6. The van der Waals surface area contributed by atoms with E-state index in [-0.39, 0.29) is 40.7 Å². The smallest absolute Gasteiger partial charge is 0.460 e. The van der Waals surface area contributed by atoms with E-state index in [1.807, 2.05) is 0 Å². The van der Waals surface area contributed by atoms with Crippen molar-refractivity contribution in [2.45, 2.75) is 89.8 Å². The van der Waals surface area contributed by atoms with Crippen LogP contribution in [-0.4, -0.2) is 139 Å². The Bertz CT molecular complexity index is 1550. The number of esters is 3. The molecule has 2 amide bonds. The number of fused-ring (bicyclic) bond motifs is 1. The average Bonchev–Trinajstić information content (AvgIpc) is 3.59. The molecule has 2 aliphatic heterocycles. The van der Waals surface area contributed by atoms with Crippen molar-refractivity contribution in [3.8, 4) is 0 Å². The van der Waals surface area contributed by atoms with Gasteiger partial charge in [0.15, 0.2) is 23.2 Å². The monoisotopic (exact) mass is 833 g/mol. The molecule has 1 aromatic heterocycles. The predicted molar refractivity (Wildman–Crippen MR) is 199 cm³/mol. The Kier molecular flexibility index (Phi) is 17.5. The molecule has 21 nitrogen and oxygen atoms in total. The molecule has 3 rings (SSSR count). The normalized spacial score (nSPS) is 21.6. The zero-order valence-electron chi connectivity index (χ0n) is 32.4. The highest BCUT2D eigenvalue weighted by molar-refractivity contribution is 8.00. The predicted octanol–water partition coefficient (Wildman–Crippen LogP) is -0.0665. The summed E-state index contributed by atoms with van der Waals surface area (Å²) in [4.78, 5) is 88.3. The number of carbonyl (C=O) groups excluding carboxylic acids is 6. The summed E-state index contributed by atoms with van der Waals surface area (Å²) in [6, 6.07) is -4.24. The van der Waals surface area contributed by atoms with Crippen molar-refractivity contribution in [2.24, 2.45) is 34.4 Å². The van der Waals surface area contributed by atoms with Crippen LogP contribution in [0, 0.1) is 17.8 Å². The number of thiazole rings is 1. The number of oxime groups is 1. The van der Waals surface area contributed by atoms with E-state index < -0.39 is 103 Å². The van der Waals surface area contributed by atoms with Crippen molar-refractivity contribution in [3.63, 3.8) is 0 Å². The lowest BCUT2D eigenvalue weighted by Crippen LogP contribution is -2.76. The number of carbonyl (C=O) groups is 6. The zero-order chi connectivity index (χ0) is 41.9. The van der Waals surface area contributed by atoms with Crippen molar-refractivity contribution in [3.05, 3.63) is 11.1 Å². The van der Waals surface area contributed by atoms with Crippen LogP contribution in [0.15, 0.2) is 10.5 Å². The van der Waals surface area contributed by atoms with Crippen LogP contribution in [0.4, 0.5) is 9.93 Å². The molecular formula is C33H51N7O14S2. The van der Waals surface area contributed by atoms with Gasteiger partial charge in [0.05, 0.1) is 6.61 Å². The molecule has 3 heterocycles. The summed E-state index contributed by atoms with van der Waals surface area (Å²) in [6.45, 7) is 8.58. The number of β-lactam (4-membered cyclic amide) rings is 1. The summed E-state index contributed by atoms with van der Waals surface area (Å²) in [5.74, 6) is -4.73. The van der Waals surface area contributed by atoms with Crippen molar-refractivity contribution >= 4 is 69.8 Å². The quantitative estimate of drug-likeness (QED) is 0.0334. The SMILES string of the molecule is CO/N=C(\C(=O)N[C@@H]1C(=O)N2C(C(=O)OC(C)OC(=O)OC(COC(=O)[C@@H](N)C(C)C)COC(=O)[C@@H](N)C(C)C)C(COC(C)OC)CS[C@H]12)c1csc(N)n1. The molecule has 56 heavy (non-hydrogen) atoms. The molecule has 0 bridgehead atoms. The number of rotatable bonds is 20. The number of hydrogen-bond donors (Lipinski definition) is 4. The van der Waals surface area contributed by atoms with Gasteiger partial charge in [-0.3, -0.25) is 19.2 Å². The second-order valence-electron chi connectivity index (χ2n) is 13.4. The zero-order valence-corrected chi connectivity index (χ0v) is 34.0. The van der Waals surface area contributed by atoms with Crippen LogP contribution >= 0.6 is 23.1 Å². The van der Waals surface area contributed by atoms with Crippen LogP contribution in [0.2, 0.25) is 0 Å². The third kappa shape index (κ3) is 12.4. The number of ether oxygens (including phenoxy) is 7. The molecule has 7 N–H and O–H groups in total. The highest BCUT2D eigenvalue weighted by atomic mass is 32.2. The molecule has 0 saturated carbocycles. The first-order valence-electron chi connectivity index (χ1n) is 17.5. The van der Waals surface area contributed by atoms with Crippen LogP contribution in [0.5, 0.6) is 0 Å². The third-order valence-electron chi connectivity index (χ3n) is 8.49. The molecule has 4 unspecified atom stereocenters. The maximum atomic E-state index is 13.7. The van der Waals surface area contributed by atoms with Gasteiger partial charge in [0, 0.05) is 31.1 Å². The van der Waals surface area contributed by atoms with Gasteiger partial charge in [0.25, 0.3) is 5.91 Å². The number of anilines is 1. The Hall–Kier alpha value is -4.29. The van der Waals surface area contributed by atoms with E-state index in [1.54, 1.807) is 34.6 Å². The summed E-state index contributed by atoms with van der Waals surface area (Å²) in [7, 11) is 2.68. The topological polar surface area (TPSA) is 295 Å². The number of nitrogen functional groups attached to an aromatic ring is 1.